The number of nitrogens with one attached hydrogen (secondary N) is 2. The van der Waals surface area contributed by atoms with Gasteiger partial charge < -0.3 is 25.2 Å². The number of hydrogen-bond donors (Lipinski definition) is 3. The Morgan fingerprint density at radius 3 is 2.24 bits per heavy atom. The number of carbonyl (C=O) groups is 1. The van der Waals surface area contributed by atoms with Gasteiger partial charge in [-0.15, -0.1) is 0 Å². The van der Waals surface area contributed by atoms with E-state index in [1.807, 2.05) is 6.92 Å². The van der Waals surface area contributed by atoms with Gasteiger partial charge in [0.15, 0.2) is 0 Å². The van der Waals surface area contributed by atoms with Crippen molar-refractivity contribution in [1.82, 2.24) is 10.6 Å². The van der Waals surface area contributed by atoms with Crippen molar-refractivity contribution in [3.05, 3.63) is 23.8 Å². The summed E-state index contributed by atoms with van der Waals surface area (Å²) in [7, 11) is 4.89. The third kappa shape index (κ3) is 5.24. The topological polar surface area (TPSA) is 79.8 Å². The molecule has 1 aromatic rings. The van der Waals surface area contributed by atoms with E-state index in [4.69, 9.17) is 9.47 Å². The van der Waals surface area contributed by atoms with E-state index in [0.717, 1.165) is 0 Å². The second kappa shape index (κ2) is 8.49. The summed E-state index contributed by atoms with van der Waals surface area (Å²) in [6, 6.07) is 5.16. The first-order chi connectivity index (χ1) is 10.0. The van der Waals surface area contributed by atoms with Crippen molar-refractivity contribution in [2.24, 2.45) is 5.92 Å². The molecule has 118 valence electrons. The molecule has 0 saturated carbocycles. The lowest BCUT2D eigenvalue weighted by molar-refractivity contribution is -0.124. The molecule has 0 heterocycles. The molecule has 0 radical (unpaired) electrons. The highest BCUT2D eigenvalue weighted by Crippen LogP contribution is 2.26. The van der Waals surface area contributed by atoms with E-state index < -0.39 is 6.10 Å². The van der Waals surface area contributed by atoms with Crippen LogP contribution in [0.4, 0.5) is 0 Å². The van der Waals surface area contributed by atoms with E-state index in [2.05, 4.69) is 10.6 Å². The van der Waals surface area contributed by atoms with Gasteiger partial charge in [-0.05, 0) is 24.7 Å². The van der Waals surface area contributed by atoms with Crippen molar-refractivity contribution in [3.63, 3.8) is 0 Å². The van der Waals surface area contributed by atoms with E-state index in [1.165, 1.54) is 0 Å². The zero-order valence-corrected chi connectivity index (χ0v) is 13.0. The van der Waals surface area contributed by atoms with Crippen LogP contribution >= 0.6 is 0 Å². The van der Waals surface area contributed by atoms with Crippen molar-refractivity contribution in [2.45, 2.75) is 13.0 Å². The maximum atomic E-state index is 11.8. The summed E-state index contributed by atoms with van der Waals surface area (Å²) >= 11 is 0. The Bertz CT molecular complexity index is 443. The molecule has 0 aliphatic carbocycles. The van der Waals surface area contributed by atoms with Crippen LogP contribution in [0.25, 0.3) is 0 Å². The van der Waals surface area contributed by atoms with Crippen molar-refractivity contribution < 1.29 is 19.4 Å². The number of carbonyl (C=O) groups excluding carboxylic acids is 1. The molecule has 0 saturated heterocycles. The number of methoxy groups -OCH3 is 2. The summed E-state index contributed by atoms with van der Waals surface area (Å²) in [5, 5.41) is 15.9. The molecule has 3 N–H and O–H groups in total. The van der Waals surface area contributed by atoms with E-state index in [9.17, 15) is 9.90 Å². The third-order valence-corrected chi connectivity index (χ3v) is 3.19. The smallest absolute Gasteiger partial charge is 0.224 e. The lowest BCUT2D eigenvalue weighted by atomic mass is 10.1. The van der Waals surface area contributed by atoms with E-state index >= 15 is 0 Å². The predicted octanol–water partition coefficient (Wildman–Crippen LogP) is 0.709. The second-order valence-electron chi connectivity index (χ2n) is 4.87. The molecule has 2 unspecified atom stereocenters. The molecular weight excluding hydrogens is 272 g/mol. The van der Waals surface area contributed by atoms with Crippen LogP contribution < -0.4 is 20.1 Å². The molecule has 0 aromatic heterocycles. The summed E-state index contributed by atoms with van der Waals surface area (Å²) in [4.78, 5) is 11.8. The zero-order chi connectivity index (χ0) is 15.8. The minimum atomic E-state index is -0.820. The number of ether oxygens (including phenoxy) is 2. The summed E-state index contributed by atoms with van der Waals surface area (Å²) in [5.74, 6) is 0.942. The van der Waals surface area contributed by atoms with Crippen molar-refractivity contribution in [2.75, 3.05) is 34.4 Å². The summed E-state index contributed by atoms with van der Waals surface area (Å²) in [6.07, 6.45) is -0.820. The Hall–Kier alpha value is -1.79. The average Bonchev–Trinajstić information content (AvgIpc) is 2.51. The molecular formula is C15H24N2O4. The normalized spacial score (nSPS) is 13.4. The summed E-state index contributed by atoms with van der Waals surface area (Å²) < 4.78 is 10.3. The van der Waals surface area contributed by atoms with Gasteiger partial charge in [0.25, 0.3) is 0 Å². The van der Waals surface area contributed by atoms with Crippen LogP contribution in [0.5, 0.6) is 11.5 Å². The molecule has 6 nitrogen and oxygen atoms in total. The largest absolute Gasteiger partial charge is 0.497 e. The lowest BCUT2D eigenvalue weighted by Crippen LogP contribution is -2.36. The average molecular weight is 296 g/mol. The third-order valence-electron chi connectivity index (χ3n) is 3.19. The monoisotopic (exact) mass is 296 g/mol. The fourth-order valence-corrected chi connectivity index (χ4v) is 1.91. The molecule has 1 rings (SSSR count). The highest BCUT2D eigenvalue weighted by atomic mass is 16.5. The standard InChI is InChI=1S/C15H24N2O4/c1-10(8-16-2)15(19)17-9-14(18)11-5-12(20-3)7-13(6-11)21-4/h5-7,10,14,16,18H,8-9H2,1-4H3,(H,17,19). The lowest BCUT2D eigenvalue weighted by Gasteiger charge is -2.16. The van der Waals surface area contributed by atoms with E-state index in [-0.39, 0.29) is 18.4 Å². The van der Waals surface area contributed by atoms with Crippen molar-refractivity contribution >= 4 is 5.91 Å². The summed E-state index contributed by atoms with van der Waals surface area (Å²) in [5.41, 5.74) is 0.632. The van der Waals surface area contributed by atoms with Gasteiger partial charge in [0, 0.05) is 25.1 Å². The Morgan fingerprint density at radius 2 is 1.76 bits per heavy atom. The van der Waals surface area contributed by atoms with Crippen molar-refractivity contribution in [3.8, 4) is 11.5 Å². The molecule has 0 spiro atoms. The first-order valence-corrected chi connectivity index (χ1v) is 6.85. The predicted molar refractivity (Wildman–Crippen MR) is 80.6 cm³/mol. The first-order valence-electron chi connectivity index (χ1n) is 6.85. The molecule has 6 heteroatoms. The molecule has 2 atom stereocenters. The number of aliphatic hydroxyl groups excluding tert-OH is 1. The van der Waals surface area contributed by atoms with Crippen molar-refractivity contribution in [1.29, 1.82) is 0 Å². The van der Waals surface area contributed by atoms with Crippen LogP contribution in [0.15, 0.2) is 18.2 Å². The van der Waals surface area contributed by atoms with Gasteiger partial charge in [-0.1, -0.05) is 6.92 Å². The van der Waals surface area contributed by atoms with Crippen LogP contribution in [-0.4, -0.2) is 45.4 Å². The maximum Gasteiger partial charge on any atom is 0.224 e. The van der Waals surface area contributed by atoms with Gasteiger partial charge in [-0.25, -0.2) is 0 Å². The van der Waals surface area contributed by atoms with Crippen LogP contribution in [0.2, 0.25) is 0 Å². The highest BCUT2D eigenvalue weighted by Gasteiger charge is 2.15. The fraction of sp³-hybridized carbons (Fsp3) is 0.533. The number of rotatable bonds is 8. The molecule has 0 aliphatic heterocycles. The SMILES string of the molecule is CNCC(C)C(=O)NCC(O)c1cc(OC)cc(OC)c1. The Kier molecular flexibility index (Phi) is 6.98. The van der Waals surface area contributed by atoms with E-state index in [0.29, 0.717) is 23.6 Å². The number of amides is 1. The van der Waals surface area contributed by atoms with Gasteiger partial charge >= 0.3 is 0 Å². The van der Waals surface area contributed by atoms with Gasteiger partial charge in [0.2, 0.25) is 5.91 Å². The van der Waals surface area contributed by atoms with Crippen LogP contribution in [0.1, 0.15) is 18.6 Å². The maximum absolute atomic E-state index is 11.8. The van der Waals surface area contributed by atoms with Gasteiger partial charge in [0.1, 0.15) is 11.5 Å². The van der Waals surface area contributed by atoms with Gasteiger partial charge in [-0.3, -0.25) is 4.79 Å². The first kappa shape index (κ1) is 17.3. The Labute approximate surface area is 125 Å². The minimum absolute atomic E-state index is 0.0988. The number of benzene rings is 1. The van der Waals surface area contributed by atoms with E-state index in [1.54, 1.807) is 39.5 Å². The molecule has 1 aromatic carbocycles. The minimum Gasteiger partial charge on any atom is -0.497 e. The number of hydrogen-bond acceptors (Lipinski definition) is 5. The molecule has 0 aliphatic rings. The van der Waals surface area contributed by atoms with Crippen LogP contribution in [0.3, 0.4) is 0 Å². The van der Waals surface area contributed by atoms with Crippen LogP contribution in [-0.2, 0) is 4.79 Å². The van der Waals surface area contributed by atoms with Crippen LogP contribution in [0, 0.1) is 5.92 Å². The highest BCUT2D eigenvalue weighted by molar-refractivity contribution is 5.78. The molecule has 21 heavy (non-hydrogen) atoms. The van der Waals surface area contributed by atoms with Gasteiger partial charge in [0.05, 0.1) is 20.3 Å². The number of aliphatic hydroxyl groups is 1. The zero-order valence-electron chi connectivity index (χ0n) is 13.0. The van der Waals surface area contributed by atoms with Gasteiger partial charge in [-0.2, -0.15) is 0 Å². The Balaban J connectivity index is 2.67. The molecule has 0 fully saturated rings. The summed E-state index contributed by atoms with van der Waals surface area (Å²) in [6.45, 7) is 2.56. The molecule has 1 amide bonds. The second-order valence-corrected chi connectivity index (χ2v) is 4.87. The Morgan fingerprint density at radius 1 is 1.19 bits per heavy atom. The molecule has 0 bridgehead atoms. The quantitative estimate of drug-likeness (QED) is 0.658. The fourth-order valence-electron chi connectivity index (χ4n) is 1.91.